The van der Waals surface area contributed by atoms with Crippen molar-refractivity contribution in [2.75, 3.05) is 26.3 Å². The molecule has 2 rings (SSSR count). The van der Waals surface area contributed by atoms with Crippen molar-refractivity contribution in [1.82, 2.24) is 10.1 Å². The summed E-state index contributed by atoms with van der Waals surface area (Å²) >= 11 is 0. The van der Waals surface area contributed by atoms with Crippen LogP contribution in [0.1, 0.15) is 32.2 Å². The predicted octanol–water partition coefficient (Wildman–Crippen LogP) is 1.14. The van der Waals surface area contributed by atoms with Crippen LogP contribution < -0.4 is 5.73 Å². The highest BCUT2D eigenvalue weighted by Gasteiger charge is 2.14. The van der Waals surface area contributed by atoms with Crippen LogP contribution in [0, 0.1) is 0 Å². The molecule has 1 aromatic rings. The Kier molecular flexibility index (Phi) is 5.19. The lowest BCUT2D eigenvalue weighted by molar-refractivity contribution is -0.0241. The van der Waals surface area contributed by atoms with Crippen molar-refractivity contribution < 1.29 is 14.0 Å². The molecule has 1 fully saturated rings. The molecule has 0 atom stereocenters. The summed E-state index contributed by atoms with van der Waals surface area (Å²) in [6.07, 6.45) is 0. The standard InChI is InChI=1S/C14H24N4O3/c1-14(2,3)20-10-12-8-11(17-21-12)9-16-13(15)18-4-6-19-7-5-18/h8H,4-7,9-10H2,1-3H3,(H2,15,16). The van der Waals surface area contributed by atoms with E-state index in [2.05, 4.69) is 10.1 Å². The molecule has 2 heterocycles. The zero-order valence-electron chi connectivity index (χ0n) is 13.0. The molecular weight excluding hydrogens is 272 g/mol. The van der Waals surface area contributed by atoms with Crippen LogP contribution in [0.15, 0.2) is 15.6 Å². The van der Waals surface area contributed by atoms with Gasteiger partial charge in [0, 0.05) is 19.2 Å². The fourth-order valence-electron chi connectivity index (χ4n) is 1.84. The lowest BCUT2D eigenvalue weighted by Crippen LogP contribution is -2.44. The molecule has 0 spiro atoms. The van der Waals surface area contributed by atoms with Crippen molar-refractivity contribution in [3.63, 3.8) is 0 Å². The van der Waals surface area contributed by atoms with Crippen molar-refractivity contribution in [2.45, 2.75) is 39.5 Å². The van der Waals surface area contributed by atoms with Crippen molar-refractivity contribution in [1.29, 1.82) is 0 Å². The van der Waals surface area contributed by atoms with E-state index in [0.29, 0.717) is 38.1 Å². The fourth-order valence-corrected chi connectivity index (χ4v) is 1.84. The molecule has 118 valence electrons. The minimum atomic E-state index is -0.203. The van der Waals surface area contributed by atoms with Crippen LogP contribution in [0.3, 0.4) is 0 Å². The van der Waals surface area contributed by atoms with E-state index in [-0.39, 0.29) is 5.60 Å². The smallest absolute Gasteiger partial charge is 0.191 e. The van der Waals surface area contributed by atoms with Crippen LogP contribution >= 0.6 is 0 Å². The second-order valence-electron chi connectivity index (χ2n) is 5.96. The number of nitrogens with zero attached hydrogens (tertiary/aromatic N) is 3. The highest BCUT2D eigenvalue weighted by molar-refractivity contribution is 5.78. The van der Waals surface area contributed by atoms with E-state index < -0.39 is 0 Å². The van der Waals surface area contributed by atoms with Gasteiger partial charge in [-0.25, -0.2) is 4.99 Å². The summed E-state index contributed by atoms with van der Waals surface area (Å²) in [6.45, 7) is 9.73. The molecule has 0 saturated carbocycles. The second-order valence-corrected chi connectivity index (χ2v) is 5.96. The molecule has 0 amide bonds. The number of ether oxygens (including phenoxy) is 2. The first-order valence-electron chi connectivity index (χ1n) is 7.15. The predicted molar refractivity (Wildman–Crippen MR) is 78.8 cm³/mol. The molecule has 0 bridgehead atoms. The van der Waals surface area contributed by atoms with Crippen molar-refractivity contribution in [2.24, 2.45) is 10.7 Å². The number of guanidine groups is 1. The van der Waals surface area contributed by atoms with E-state index in [9.17, 15) is 0 Å². The molecule has 1 aliphatic heterocycles. The van der Waals surface area contributed by atoms with Gasteiger partial charge in [0.05, 0.1) is 25.4 Å². The van der Waals surface area contributed by atoms with E-state index in [1.807, 2.05) is 31.7 Å². The third kappa shape index (κ3) is 5.35. The van der Waals surface area contributed by atoms with Crippen molar-refractivity contribution in [3.8, 4) is 0 Å². The maximum Gasteiger partial charge on any atom is 0.191 e. The second kappa shape index (κ2) is 6.91. The average Bonchev–Trinajstić information content (AvgIpc) is 2.91. The lowest BCUT2D eigenvalue weighted by atomic mass is 10.2. The zero-order chi connectivity index (χ0) is 15.3. The number of aliphatic imine (C=N–C) groups is 1. The molecule has 7 heteroatoms. The van der Waals surface area contributed by atoms with Crippen LogP contribution in [0.5, 0.6) is 0 Å². The SMILES string of the molecule is CC(C)(C)OCc1cc(CN=C(N)N2CCOCC2)no1. The molecule has 7 nitrogen and oxygen atoms in total. The Labute approximate surface area is 125 Å². The van der Waals surface area contributed by atoms with Gasteiger partial charge < -0.3 is 24.6 Å². The topological polar surface area (TPSA) is 86.1 Å². The number of hydrogen-bond acceptors (Lipinski definition) is 5. The highest BCUT2D eigenvalue weighted by Crippen LogP contribution is 2.13. The minimum Gasteiger partial charge on any atom is -0.378 e. The molecule has 0 radical (unpaired) electrons. The van der Waals surface area contributed by atoms with Gasteiger partial charge in [0.25, 0.3) is 0 Å². The fraction of sp³-hybridized carbons (Fsp3) is 0.714. The van der Waals surface area contributed by atoms with E-state index >= 15 is 0 Å². The number of morpholine rings is 1. The molecule has 1 saturated heterocycles. The first-order chi connectivity index (χ1) is 9.94. The molecule has 0 aliphatic carbocycles. The Morgan fingerprint density at radius 3 is 2.81 bits per heavy atom. The van der Waals surface area contributed by atoms with Crippen molar-refractivity contribution >= 4 is 5.96 Å². The third-order valence-electron chi connectivity index (χ3n) is 2.99. The number of rotatable bonds is 4. The van der Waals surface area contributed by atoms with E-state index in [0.717, 1.165) is 18.8 Å². The Morgan fingerprint density at radius 1 is 1.43 bits per heavy atom. The number of hydrogen-bond donors (Lipinski definition) is 1. The first kappa shape index (κ1) is 15.8. The molecule has 2 N–H and O–H groups in total. The Morgan fingerprint density at radius 2 is 2.14 bits per heavy atom. The third-order valence-corrected chi connectivity index (χ3v) is 2.99. The number of aromatic nitrogens is 1. The van der Waals surface area contributed by atoms with Crippen LogP contribution in [-0.4, -0.2) is 47.9 Å². The molecule has 1 aliphatic rings. The van der Waals surface area contributed by atoms with Gasteiger partial charge in [-0.05, 0) is 20.8 Å². The summed E-state index contributed by atoms with van der Waals surface area (Å²) in [5.41, 5.74) is 6.50. The van der Waals surface area contributed by atoms with E-state index in [1.54, 1.807) is 0 Å². The number of nitrogens with two attached hydrogens (primary N) is 1. The largest absolute Gasteiger partial charge is 0.378 e. The molecule has 21 heavy (non-hydrogen) atoms. The van der Waals surface area contributed by atoms with Gasteiger partial charge in [0.15, 0.2) is 11.7 Å². The maximum absolute atomic E-state index is 5.96. The Balaban J connectivity index is 1.84. The summed E-state index contributed by atoms with van der Waals surface area (Å²) < 4.78 is 16.1. The quantitative estimate of drug-likeness (QED) is 0.662. The normalized spacial score (nSPS) is 17.3. The summed E-state index contributed by atoms with van der Waals surface area (Å²) in [7, 11) is 0. The van der Waals surface area contributed by atoms with Gasteiger partial charge in [0.2, 0.25) is 0 Å². The zero-order valence-corrected chi connectivity index (χ0v) is 13.0. The average molecular weight is 296 g/mol. The lowest BCUT2D eigenvalue weighted by Gasteiger charge is -2.27. The molecule has 0 unspecified atom stereocenters. The van der Waals surface area contributed by atoms with Gasteiger partial charge in [0.1, 0.15) is 12.3 Å². The summed E-state index contributed by atoms with van der Waals surface area (Å²) in [4.78, 5) is 6.35. The van der Waals surface area contributed by atoms with Crippen LogP contribution in [0.25, 0.3) is 0 Å². The molecule has 0 aromatic carbocycles. The maximum atomic E-state index is 5.96. The molecule has 1 aromatic heterocycles. The van der Waals surface area contributed by atoms with Crippen molar-refractivity contribution in [3.05, 3.63) is 17.5 Å². The van der Waals surface area contributed by atoms with Crippen LogP contribution in [0.2, 0.25) is 0 Å². The van der Waals surface area contributed by atoms with Gasteiger partial charge >= 0.3 is 0 Å². The van der Waals surface area contributed by atoms with Crippen LogP contribution in [0.4, 0.5) is 0 Å². The minimum absolute atomic E-state index is 0.203. The highest BCUT2D eigenvalue weighted by atomic mass is 16.5. The summed E-state index contributed by atoms with van der Waals surface area (Å²) in [6, 6.07) is 1.85. The van der Waals surface area contributed by atoms with Crippen LogP contribution in [-0.2, 0) is 22.6 Å². The van der Waals surface area contributed by atoms with Gasteiger partial charge in [-0.15, -0.1) is 0 Å². The first-order valence-corrected chi connectivity index (χ1v) is 7.15. The summed E-state index contributed by atoms with van der Waals surface area (Å²) in [5.74, 6) is 1.22. The van der Waals surface area contributed by atoms with E-state index in [1.165, 1.54) is 0 Å². The Hall–Kier alpha value is -1.60. The van der Waals surface area contributed by atoms with Gasteiger partial charge in [-0.2, -0.15) is 0 Å². The summed E-state index contributed by atoms with van der Waals surface area (Å²) in [5, 5.41) is 3.97. The monoisotopic (exact) mass is 296 g/mol. The Bertz CT molecular complexity index is 473. The van der Waals surface area contributed by atoms with Gasteiger partial charge in [-0.1, -0.05) is 5.16 Å². The van der Waals surface area contributed by atoms with Gasteiger partial charge in [-0.3, -0.25) is 0 Å². The van der Waals surface area contributed by atoms with E-state index in [4.69, 9.17) is 19.7 Å². The molecular formula is C14H24N4O3.